The van der Waals surface area contributed by atoms with Gasteiger partial charge in [-0.2, -0.15) is 5.10 Å². The molecule has 3 aromatic rings. The molecule has 0 bridgehead atoms. The highest BCUT2D eigenvalue weighted by Crippen LogP contribution is 2.41. The van der Waals surface area contributed by atoms with Crippen molar-refractivity contribution in [2.45, 2.75) is 31.8 Å². The Balaban J connectivity index is 1.55. The van der Waals surface area contributed by atoms with Crippen molar-refractivity contribution in [1.82, 2.24) is 14.7 Å². The molecular weight excluding hydrogens is 459 g/mol. The number of ether oxygens (including phenoxy) is 1. The van der Waals surface area contributed by atoms with Crippen LogP contribution in [-0.4, -0.2) is 40.0 Å². The van der Waals surface area contributed by atoms with Gasteiger partial charge in [0.2, 0.25) is 5.91 Å². The summed E-state index contributed by atoms with van der Waals surface area (Å²) in [6.45, 7) is 2.62. The fraction of sp³-hybridized carbons (Fsp3) is 0.320. The van der Waals surface area contributed by atoms with E-state index in [-0.39, 0.29) is 18.0 Å². The average molecular weight is 483 g/mol. The molecule has 0 radical (unpaired) electrons. The molecule has 2 aromatic carbocycles. The predicted octanol–water partition coefficient (Wildman–Crippen LogP) is 5.87. The van der Waals surface area contributed by atoms with Crippen molar-refractivity contribution in [2.24, 2.45) is 10.9 Å². The van der Waals surface area contributed by atoms with Crippen molar-refractivity contribution < 1.29 is 9.53 Å². The lowest BCUT2D eigenvalue weighted by molar-refractivity contribution is -0.135. The minimum atomic E-state index is -0.499. The van der Waals surface area contributed by atoms with Gasteiger partial charge in [-0.15, -0.1) is 0 Å². The van der Waals surface area contributed by atoms with Crippen LogP contribution >= 0.6 is 23.2 Å². The zero-order valence-electron chi connectivity index (χ0n) is 18.4. The third-order valence-electron chi connectivity index (χ3n) is 6.54. The summed E-state index contributed by atoms with van der Waals surface area (Å²) in [4.78, 5) is 20.8. The number of likely N-dealkylation sites (tertiary alicyclic amines) is 1. The average Bonchev–Trinajstić information content (AvgIpc) is 3.49. The number of benzene rings is 2. The Morgan fingerprint density at radius 2 is 1.94 bits per heavy atom. The zero-order chi connectivity index (χ0) is 23.1. The second-order valence-electron chi connectivity index (χ2n) is 8.45. The SMILES string of the molecule is COc1cccc(C2CCCN2C(=O)C2C(C)=Nc3ccnn3C2c2ccc(Cl)c(Cl)c2)c1. The zero-order valence-corrected chi connectivity index (χ0v) is 19.9. The number of aromatic nitrogens is 2. The molecule has 0 spiro atoms. The molecule has 170 valence electrons. The number of carbonyl (C=O) groups excluding carboxylic acids is 1. The Morgan fingerprint density at radius 3 is 2.73 bits per heavy atom. The fourth-order valence-corrected chi connectivity index (χ4v) is 5.28. The third kappa shape index (κ3) is 3.91. The van der Waals surface area contributed by atoms with Crippen LogP contribution in [0.25, 0.3) is 0 Å². The van der Waals surface area contributed by atoms with Gasteiger partial charge in [0, 0.05) is 18.3 Å². The Labute approximate surface area is 202 Å². The Bertz CT molecular complexity index is 1240. The number of rotatable bonds is 4. The van der Waals surface area contributed by atoms with E-state index in [9.17, 15) is 4.79 Å². The Morgan fingerprint density at radius 1 is 1.09 bits per heavy atom. The summed E-state index contributed by atoms with van der Waals surface area (Å²) >= 11 is 12.5. The second-order valence-corrected chi connectivity index (χ2v) is 9.26. The van der Waals surface area contributed by atoms with Crippen LogP contribution in [0.1, 0.15) is 43.0 Å². The maximum absolute atomic E-state index is 14.1. The largest absolute Gasteiger partial charge is 0.497 e. The maximum Gasteiger partial charge on any atom is 0.234 e. The predicted molar refractivity (Wildman–Crippen MR) is 130 cm³/mol. The number of carbonyl (C=O) groups is 1. The summed E-state index contributed by atoms with van der Waals surface area (Å²) in [5, 5.41) is 5.43. The molecule has 0 N–H and O–H groups in total. The number of halogens is 2. The quantitative estimate of drug-likeness (QED) is 0.466. The molecule has 5 rings (SSSR count). The first-order valence-corrected chi connectivity index (χ1v) is 11.7. The molecular formula is C25H24Cl2N4O2. The van der Waals surface area contributed by atoms with Gasteiger partial charge in [0.1, 0.15) is 11.7 Å². The van der Waals surface area contributed by atoms with Gasteiger partial charge in [-0.25, -0.2) is 9.67 Å². The lowest BCUT2D eigenvalue weighted by atomic mass is 9.86. The van der Waals surface area contributed by atoms with Gasteiger partial charge in [0.15, 0.2) is 5.82 Å². The molecule has 33 heavy (non-hydrogen) atoms. The molecule has 2 aliphatic heterocycles. The maximum atomic E-state index is 14.1. The molecule has 0 aliphatic carbocycles. The first kappa shape index (κ1) is 22.0. The highest BCUT2D eigenvalue weighted by molar-refractivity contribution is 6.42. The summed E-state index contributed by atoms with van der Waals surface area (Å²) in [6, 6.07) is 14.9. The number of hydrogen-bond donors (Lipinski definition) is 0. The van der Waals surface area contributed by atoms with Crippen LogP contribution in [0.2, 0.25) is 10.0 Å². The second kappa shape index (κ2) is 8.84. The number of fused-ring (bicyclic) bond motifs is 1. The van der Waals surface area contributed by atoms with Gasteiger partial charge in [-0.05, 0) is 55.2 Å². The summed E-state index contributed by atoms with van der Waals surface area (Å²) < 4.78 is 7.22. The third-order valence-corrected chi connectivity index (χ3v) is 7.27. The van der Waals surface area contributed by atoms with E-state index in [2.05, 4.69) is 11.2 Å². The fourth-order valence-electron chi connectivity index (χ4n) is 4.98. The first-order valence-electron chi connectivity index (χ1n) is 11.0. The van der Waals surface area contributed by atoms with E-state index in [1.54, 1.807) is 19.4 Å². The van der Waals surface area contributed by atoms with Crippen LogP contribution in [0.5, 0.6) is 5.75 Å². The number of amides is 1. The van der Waals surface area contributed by atoms with E-state index in [0.29, 0.717) is 16.6 Å². The van der Waals surface area contributed by atoms with E-state index in [4.69, 9.17) is 32.9 Å². The van der Waals surface area contributed by atoms with Crippen molar-refractivity contribution in [3.05, 3.63) is 75.9 Å². The van der Waals surface area contributed by atoms with Crippen LogP contribution in [0.4, 0.5) is 5.82 Å². The minimum absolute atomic E-state index is 0.00567. The highest BCUT2D eigenvalue weighted by atomic mass is 35.5. The van der Waals surface area contributed by atoms with Gasteiger partial charge in [-0.1, -0.05) is 41.4 Å². The summed E-state index contributed by atoms with van der Waals surface area (Å²) in [5.41, 5.74) is 2.72. The van der Waals surface area contributed by atoms with Gasteiger partial charge >= 0.3 is 0 Å². The molecule has 1 saturated heterocycles. The minimum Gasteiger partial charge on any atom is -0.497 e. The summed E-state index contributed by atoms with van der Waals surface area (Å²) in [6.07, 6.45) is 3.56. The van der Waals surface area contributed by atoms with Gasteiger partial charge in [0.05, 0.1) is 35.4 Å². The van der Waals surface area contributed by atoms with E-state index in [0.717, 1.165) is 41.2 Å². The number of aliphatic imine (C=N–C) groups is 1. The van der Waals surface area contributed by atoms with Crippen LogP contribution in [0, 0.1) is 5.92 Å². The standard InChI is InChI=1S/C25H24Cl2N4O2/c1-15-23(25(32)30-12-4-7-21(30)16-5-3-6-18(13-16)33-2)24(31-22(29-15)10-11-28-31)17-8-9-19(26)20(27)14-17/h3,5-6,8-11,13-14,21,23-24H,4,7,12H2,1-2H3. The summed E-state index contributed by atoms with van der Waals surface area (Å²) in [5.74, 6) is 1.05. The number of hydrogen-bond acceptors (Lipinski definition) is 4. The molecule has 1 fully saturated rings. The topological polar surface area (TPSA) is 59.7 Å². The van der Waals surface area contributed by atoms with Crippen LogP contribution in [-0.2, 0) is 4.79 Å². The first-order chi connectivity index (χ1) is 16.0. The van der Waals surface area contributed by atoms with E-state index >= 15 is 0 Å². The lowest BCUT2D eigenvalue weighted by Crippen LogP contribution is -2.44. The van der Waals surface area contributed by atoms with Crippen LogP contribution < -0.4 is 4.74 Å². The van der Waals surface area contributed by atoms with Gasteiger partial charge < -0.3 is 9.64 Å². The molecule has 0 saturated carbocycles. The van der Waals surface area contributed by atoms with Crippen LogP contribution in [0.3, 0.4) is 0 Å². The van der Waals surface area contributed by atoms with Crippen molar-refractivity contribution in [1.29, 1.82) is 0 Å². The molecule has 8 heteroatoms. The van der Waals surface area contributed by atoms with Gasteiger partial charge in [0.25, 0.3) is 0 Å². The smallest absolute Gasteiger partial charge is 0.234 e. The van der Waals surface area contributed by atoms with Crippen molar-refractivity contribution >= 4 is 40.6 Å². The number of methoxy groups -OCH3 is 1. The van der Waals surface area contributed by atoms with Crippen molar-refractivity contribution in [3.8, 4) is 5.75 Å². The molecule has 3 heterocycles. The normalized spacial score (nSPS) is 22.1. The Hall–Kier alpha value is -2.83. The highest BCUT2D eigenvalue weighted by Gasteiger charge is 2.43. The molecule has 3 unspecified atom stereocenters. The van der Waals surface area contributed by atoms with Crippen molar-refractivity contribution in [2.75, 3.05) is 13.7 Å². The van der Waals surface area contributed by atoms with Gasteiger partial charge in [-0.3, -0.25) is 4.79 Å². The van der Waals surface area contributed by atoms with E-state index in [1.165, 1.54) is 0 Å². The number of nitrogens with zero attached hydrogens (tertiary/aromatic N) is 4. The molecule has 6 nitrogen and oxygen atoms in total. The van der Waals surface area contributed by atoms with E-state index < -0.39 is 5.92 Å². The molecule has 1 aromatic heterocycles. The Kier molecular flexibility index (Phi) is 5.89. The van der Waals surface area contributed by atoms with Crippen LogP contribution in [0.15, 0.2) is 59.7 Å². The summed E-state index contributed by atoms with van der Waals surface area (Å²) in [7, 11) is 1.65. The van der Waals surface area contributed by atoms with E-state index in [1.807, 2.05) is 52.9 Å². The lowest BCUT2D eigenvalue weighted by Gasteiger charge is -2.36. The van der Waals surface area contributed by atoms with Crippen molar-refractivity contribution in [3.63, 3.8) is 0 Å². The monoisotopic (exact) mass is 482 g/mol. The molecule has 3 atom stereocenters. The molecule has 1 amide bonds. The molecule has 2 aliphatic rings.